The smallest absolute Gasteiger partial charge is 0.315 e. The molecule has 0 aromatic heterocycles. The first kappa shape index (κ1) is 22.2. The van der Waals surface area contributed by atoms with Crippen LogP contribution in [0, 0.1) is 5.82 Å². The first-order valence-corrected chi connectivity index (χ1v) is 11.7. The van der Waals surface area contributed by atoms with E-state index in [2.05, 4.69) is 15.4 Å². The zero-order valence-corrected chi connectivity index (χ0v) is 18.1. The average Bonchev–Trinajstić information content (AvgIpc) is 3.46. The van der Waals surface area contributed by atoms with Gasteiger partial charge in [0.25, 0.3) is 0 Å². The molecule has 1 saturated carbocycles. The van der Waals surface area contributed by atoms with Crippen molar-refractivity contribution >= 4 is 16.1 Å². The lowest BCUT2D eigenvalue weighted by atomic mass is 9.96. The molecule has 0 saturated heterocycles. The Morgan fingerprint density at radius 1 is 1.03 bits per heavy atom. The van der Waals surface area contributed by atoms with Crippen LogP contribution in [-0.2, 0) is 27.7 Å². The zero-order chi connectivity index (χ0) is 21.8. The maximum atomic E-state index is 13.1. The molecule has 0 unspecified atom stereocenters. The molecule has 2 amide bonds. The molecular weight excluding hydrogens is 405 g/mol. The van der Waals surface area contributed by atoms with Crippen LogP contribution in [0.2, 0.25) is 0 Å². The highest BCUT2D eigenvalue weighted by molar-refractivity contribution is 7.88. The summed E-state index contributed by atoms with van der Waals surface area (Å²) in [6, 6.07) is 13.1. The first-order chi connectivity index (χ1) is 14.2. The molecule has 162 valence electrons. The van der Waals surface area contributed by atoms with Crippen molar-refractivity contribution in [3.8, 4) is 0 Å². The Hall–Kier alpha value is -2.45. The van der Waals surface area contributed by atoms with Crippen LogP contribution in [0.1, 0.15) is 43.4 Å². The number of rotatable bonds is 9. The second-order valence-corrected chi connectivity index (χ2v) is 9.88. The van der Waals surface area contributed by atoms with Crippen LogP contribution in [0.4, 0.5) is 9.18 Å². The first-order valence-electron chi connectivity index (χ1n) is 10.0. The highest BCUT2D eigenvalue weighted by Gasteiger charge is 2.44. The molecule has 0 atom stereocenters. The van der Waals surface area contributed by atoms with Gasteiger partial charge in [0.2, 0.25) is 10.0 Å². The minimum Gasteiger partial charge on any atom is -0.337 e. The summed E-state index contributed by atoms with van der Waals surface area (Å²) in [5.41, 5.74) is 2.30. The quantitative estimate of drug-likeness (QED) is 0.568. The van der Waals surface area contributed by atoms with Crippen molar-refractivity contribution in [1.29, 1.82) is 0 Å². The number of hydrogen-bond acceptors (Lipinski definition) is 3. The SMILES string of the molecule is CC(C)NS(=O)(=O)Cc1ccccc1CNC(=O)NCC1(c2ccc(F)cc2)CC1. The van der Waals surface area contributed by atoms with Crippen molar-refractivity contribution in [2.75, 3.05) is 6.54 Å². The molecule has 30 heavy (non-hydrogen) atoms. The van der Waals surface area contributed by atoms with E-state index in [1.54, 1.807) is 44.2 Å². The molecule has 0 aliphatic heterocycles. The van der Waals surface area contributed by atoms with Gasteiger partial charge in [-0.1, -0.05) is 36.4 Å². The second-order valence-electron chi connectivity index (χ2n) is 8.12. The van der Waals surface area contributed by atoms with Crippen LogP contribution >= 0.6 is 0 Å². The van der Waals surface area contributed by atoms with E-state index in [-0.39, 0.29) is 35.6 Å². The Morgan fingerprint density at radius 2 is 1.67 bits per heavy atom. The number of hydrogen-bond donors (Lipinski definition) is 3. The van der Waals surface area contributed by atoms with Gasteiger partial charge in [-0.15, -0.1) is 0 Å². The van der Waals surface area contributed by atoms with Crippen molar-refractivity contribution in [1.82, 2.24) is 15.4 Å². The molecule has 2 aromatic carbocycles. The standard InChI is InChI=1S/C22H28FN3O3S/c1-16(2)26-30(28,29)14-18-6-4-3-5-17(18)13-24-21(27)25-15-22(11-12-22)19-7-9-20(23)10-8-19/h3-10,16,26H,11-15H2,1-2H3,(H2,24,25,27). The fourth-order valence-corrected chi connectivity index (χ4v) is 4.98. The van der Waals surface area contributed by atoms with E-state index >= 15 is 0 Å². The van der Waals surface area contributed by atoms with Crippen molar-refractivity contribution in [2.24, 2.45) is 0 Å². The molecule has 8 heteroatoms. The van der Waals surface area contributed by atoms with E-state index in [9.17, 15) is 17.6 Å². The lowest BCUT2D eigenvalue weighted by Gasteiger charge is -2.17. The number of carbonyl (C=O) groups excluding carboxylic acids is 1. The lowest BCUT2D eigenvalue weighted by Crippen LogP contribution is -2.39. The summed E-state index contributed by atoms with van der Waals surface area (Å²) in [5, 5.41) is 5.69. The van der Waals surface area contributed by atoms with Crippen molar-refractivity contribution in [3.63, 3.8) is 0 Å². The van der Waals surface area contributed by atoms with Crippen LogP contribution < -0.4 is 15.4 Å². The molecule has 0 spiro atoms. The molecule has 3 N–H and O–H groups in total. The molecule has 1 aliphatic carbocycles. The summed E-state index contributed by atoms with van der Waals surface area (Å²) in [6.45, 7) is 4.24. The third kappa shape index (κ3) is 6.03. The van der Waals surface area contributed by atoms with E-state index in [4.69, 9.17) is 0 Å². The number of carbonyl (C=O) groups is 1. The highest BCUT2D eigenvalue weighted by atomic mass is 32.2. The van der Waals surface area contributed by atoms with Gasteiger partial charge in [0, 0.05) is 24.5 Å². The van der Waals surface area contributed by atoms with Gasteiger partial charge in [-0.2, -0.15) is 0 Å². The van der Waals surface area contributed by atoms with Crippen LogP contribution in [0.3, 0.4) is 0 Å². The summed E-state index contributed by atoms with van der Waals surface area (Å²) in [5.74, 6) is -0.414. The second kappa shape index (κ2) is 9.14. The number of urea groups is 1. The predicted molar refractivity (Wildman–Crippen MR) is 115 cm³/mol. The third-order valence-corrected chi connectivity index (χ3v) is 6.74. The normalized spacial score (nSPS) is 15.1. The molecule has 0 bridgehead atoms. The van der Waals surface area contributed by atoms with E-state index in [0.717, 1.165) is 24.0 Å². The maximum Gasteiger partial charge on any atom is 0.315 e. The summed E-state index contributed by atoms with van der Waals surface area (Å²) in [7, 11) is -3.46. The molecule has 0 heterocycles. The number of sulfonamides is 1. The fourth-order valence-electron chi connectivity index (χ4n) is 3.49. The summed E-state index contributed by atoms with van der Waals surface area (Å²) >= 11 is 0. The van der Waals surface area contributed by atoms with E-state index in [1.807, 2.05) is 6.07 Å². The molecule has 1 fully saturated rings. The molecule has 1 aliphatic rings. The van der Waals surface area contributed by atoms with Gasteiger partial charge in [-0.25, -0.2) is 22.3 Å². The van der Waals surface area contributed by atoms with Crippen LogP contribution in [-0.4, -0.2) is 27.0 Å². The Labute approximate surface area is 177 Å². The summed E-state index contributed by atoms with van der Waals surface area (Å²) in [4.78, 5) is 12.3. The van der Waals surface area contributed by atoms with Gasteiger partial charge in [-0.05, 0) is 55.5 Å². The van der Waals surface area contributed by atoms with Gasteiger partial charge < -0.3 is 10.6 Å². The highest BCUT2D eigenvalue weighted by Crippen LogP contribution is 2.47. The topological polar surface area (TPSA) is 87.3 Å². The molecular formula is C22H28FN3O3S. The van der Waals surface area contributed by atoms with Crippen LogP contribution in [0.15, 0.2) is 48.5 Å². The van der Waals surface area contributed by atoms with Gasteiger partial charge in [-0.3, -0.25) is 0 Å². The summed E-state index contributed by atoms with van der Waals surface area (Å²) in [6.07, 6.45) is 1.89. The molecule has 2 aromatic rings. The largest absolute Gasteiger partial charge is 0.337 e. The van der Waals surface area contributed by atoms with Gasteiger partial charge >= 0.3 is 6.03 Å². The summed E-state index contributed by atoms with van der Waals surface area (Å²) < 4.78 is 40.2. The monoisotopic (exact) mass is 433 g/mol. The van der Waals surface area contributed by atoms with Crippen molar-refractivity contribution < 1.29 is 17.6 Å². The third-order valence-electron chi connectivity index (χ3n) is 5.22. The number of nitrogens with one attached hydrogen (secondary N) is 3. The maximum absolute atomic E-state index is 13.1. The Bertz CT molecular complexity index is 987. The van der Waals surface area contributed by atoms with E-state index in [0.29, 0.717) is 12.1 Å². The van der Waals surface area contributed by atoms with E-state index in [1.165, 1.54) is 12.1 Å². The minimum absolute atomic E-state index is 0.125. The molecule has 3 rings (SSSR count). The average molecular weight is 434 g/mol. The fraction of sp³-hybridized carbons (Fsp3) is 0.409. The number of amides is 2. The van der Waals surface area contributed by atoms with Crippen LogP contribution in [0.25, 0.3) is 0 Å². The number of benzene rings is 2. The van der Waals surface area contributed by atoms with Gasteiger partial charge in [0.15, 0.2) is 0 Å². The predicted octanol–water partition coefficient (Wildman–Crippen LogP) is 3.18. The molecule has 0 radical (unpaired) electrons. The van der Waals surface area contributed by atoms with Crippen molar-refractivity contribution in [3.05, 3.63) is 71.0 Å². The van der Waals surface area contributed by atoms with Gasteiger partial charge in [0.1, 0.15) is 5.82 Å². The Morgan fingerprint density at radius 3 is 2.27 bits per heavy atom. The number of halogens is 1. The lowest BCUT2D eigenvalue weighted by molar-refractivity contribution is 0.239. The Kier molecular flexibility index (Phi) is 6.77. The Balaban J connectivity index is 1.55. The minimum atomic E-state index is -3.46. The van der Waals surface area contributed by atoms with Crippen LogP contribution in [0.5, 0.6) is 0 Å². The van der Waals surface area contributed by atoms with Gasteiger partial charge in [0.05, 0.1) is 5.75 Å². The molecule has 6 nitrogen and oxygen atoms in total. The van der Waals surface area contributed by atoms with E-state index < -0.39 is 10.0 Å². The zero-order valence-electron chi connectivity index (χ0n) is 17.2. The van der Waals surface area contributed by atoms with Crippen molar-refractivity contribution in [2.45, 2.75) is 50.4 Å².